The number of carbonyl (C=O) groups is 2. The topological polar surface area (TPSA) is 72.8 Å². The van der Waals surface area contributed by atoms with Crippen molar-refractivity contribution in [3.05, 3.63) is 53.6 Å². The van der Waals surface area contributed by atoms with Crippen LogP contribution in [0.5, 0.6) is 11.5 Å². The monoisotopic (exact) mass is 332 g/mol. The van der Waals surface area contributed by atoms with Crippen LogP contribution >= 0.6 is 11.8 Å². The maximum Gasteiger partial charge on any atom is 0.335 e. The lowest BCUT2D eigenvalue weighted by molar-refractivity contribution is 0.0696. The number of Topliss-reactive ketones (excluding diaryl/α,β-unsaturated/α-hetero) is 1. The lowest BCUT2D eigenvalue weighted by Gasteiger charge is -2.09. The molecule has 0 saturated carbocycles. The molecular formula is C17H16O5S. The fourth-order valence-corrected chi connectivity index (χ4v) is 2.76. The molecule has 0 fully saturated rings. The molecule has 23 heavy (non-hydrogen) atoms. The van der Waals surface area contributed by atoms with Crippen LogP contribution < -0.4 is 9.47 Å². The summed E-state index contributed by atoms with van der Waals surface area (Å²) in [6, 6.07) is 11.4. The number of ether oxygens (including phenoxy) is 2. The van der Waals surface area contributed by atoms with Crippen molar-refractivity contribution in [2.24, 2.45) is 0 Å². The van der Waals surface area contributed by atoms with E-state index < -0.39 is 5.97 Å². The summed E-state index contributed by atoms with van der Waals surface area (Å²) in [5, 5.41) is 8.85. The first-order chi connectivity index (χ1) is 11.0. The zero-order valence-corrected chi connectivity index (χ0v) is 13.6. The number of carbonyl (C=O) groups excluding carboxylic acids is 1. The molecule has 2 rings (SSSR count). The molecule has 1 N–H and O–H groups in total. The lowest BCUT2D eigenvalue weighted by Crippen LogP contribution is -2.03. The van der Waals surface area contributed by atoms with Crippen LogP contribution in [0.3, 0.4) is 0 Å². The summed E-state index contributed by atoms with van der Waals surface area (Å²) >= 11 is 1.38. The predicted molar refractivity (Wildman–Crippen MR) is 88.0 cm³/mol. The first-order valence-electron chi connectivity index (χ1n) is 6.76. The lowest BCUT2D eigenvalue weighted by atomic mass is 10.1. The molecule has 0 aliphatic carbocycles. The number of hydrogen-bond acceptors (Lipinski definition) is 5. The first-order valence-corrected chi connectivity index (χ1v) is 7.75. The molecule has 0 amide bonds. The highest BCUT2D eigenvalue weighted by Crippen LogP contribution is 2.32. The average Bonchev–Trinajstić information content (AvgIpc) is 2.59. The van der Waals surface area contributed by atoms with Crippen molar-refractivity contribution in [2.75, 3.05) is 20.0 Å². The molecule has 2 aromatic rings. The van der Waals surface area contributed by atoms with Gasteiger partial charge < -0.3 is 14.6 Å². The minimum atomic E-state index is -1.01. The van der Waals surface area contributed by atoms with Gasteiger partial charge in [-0.1, -0.05) is 12.1 Å². The summed E-state index contributed by atoms with van der Waals surface area (Å²) < 4.78 is 10.4. The Morgan fingerprint density at radius 3 is 2.13 bits per heavy atom. The van der Waals surface area contributed by atoms with Crippen LogP contribution in [0, 0.1) is 0 Å². The SMILES string of the molecule is COc1ccc(SCC(=O)c2ccc(C(=O)O)cc2)cc1OC. The van der Waals surface area contributed by atoms with Gasteiger partial charge >= 0.3 is 5.97 Å². The quantitative estimate of drug-likeness (QED) is 0.619. The standard InChI is InChI=1S/C17H16O5S/c1-21-15-8-7-13(9-16(15)22-2)23-10-14(18)11-3-5-12(6-4-11)17(19)20/h3-9H,10H2,1-2H3,(H,19,20). The molecule has 0 radical (unpaired) electrons. The Kier molecular flexibility index (Phi) is 5.65. The zero-order chi connectivity index (χ0) is 16.8. The smallest absolute Gasteiger partial charge is 0.335 e. The van der Waals surface area contributed by atoms with E-state index in [-0.39, 0.29) is 17.1 Å². The largest absolute Gasteiger partial charge is 0.493 e. The van der Waals surface area contributed by atoms with Gasteiger partial charge in [-0.25, -0.2) is 4.79 Å². The van der Waals surface area contributed by atoms with Crippen molar-refractivity contribution in [3.8, 4) is 11.5 Å². The number of rotatable bonds is 7. The fourth-order valence-electron chi connectivity index (χ4n) is 1.94. The molecule has 0 aromatic heterocycles. The summed E-state index contributed by atoms with van der Waals surface area (Å²) in [7, 11) is 3.12. The number of methoxy groups -OCH3 is 2. The number of carboxylic acids is 1. The van der Waals surface area contributed by atoms with Crippen molar-refractivity contribution in [2.45, 2.75) is 4.90 Å². The van der Waals surface area contributed by atoms with E-state index in [1.54, 1.807) is 20.3 Å². The molecule has 0 heterocycles. The van der Waals surface area contributed by atoms with Crippen LogP contribution in [0.25, 0.3) is 0 Å². The third kappa shape index (κ3) is 4.26. The van der Waals surface area contributed by atoms with Crippen molar-refractivity contribution < 1.29 is 24.2 Å². The average molecular weight is 332 g/mol. The number of aromatic carboxylic acids is 1. The minimum absolute atomic E-state index is 0.0678. The zero-order valence-electron chi connectivity index (χ0n) is 12.7. The summed E-state index contributed by atoms with van der Waals surface area (Å²) in [6.07, 6.45) is 0. The molecule has 0 atom stereocenters. The molecule has 6 heteroatoms. The van der Waals surface area contributed by atoms with E-state index in [0.717, 1.165) is 4.90 Å². The van der Waals surface area contributed by atoms with E-state index in [1.807, 2.05) is 12.1 Å². The van der Waals surface area contributed by atoms with Gasteiger partial charge in [-0.2, -0.15) is 0 Å². The van der Waals surface area contributed by atoms with Gasteiger partial charge in [-0.15, -0.1) is 11.8 Å². The molecule has 0 aliphatic rings. The van der Waals surface area contributed by atoms with Crippen LogP contribution in [-0.4, -0.2) is 36.8 Å². The number of thioether (sulfide) groups is 1. The summed E-state index contributed by atoms with van der Waals surface area (Å²) in [5.74, 6) is 0.413. The van der Waals surface area contributed by atoms with Gasteiger partial charge in [0.15, 0.2) is 17.3 Å². The van der Waals surface area contributed by atoms with Crippen LogP contribution in [0.15, 0.2) is 47.4 Å². The second-order valence-corrected chi connectivity index (χ2v) is 5.66. The van der Waals surface area contributed by atoms with E-state index in [0.29, 0.717) is 17.1 Å². The van der Waals surface area contributed by atoms with Crippen LogP contribution in [0.1, 0.15) is 20.7 Å². The van der Waals surface area contributed by atoms with Crippen molar-refractivity contribution in [1.29, 1.82) is 0 Å². The maximum atomic E-state index is 12.2. The Balaban J connectivity index is 2.02. The normalized spacial score (nSPS) is 10.2. The molecule has 0 aliphatic heterocycles. The van der Waals surface area contributed by atoms with Gasteiger partial charge in [-0.3, -0.25) is 4.79 Å². The molecule has 0 unspecified atom stereocenters. The van der Waals surface area contributed by atoms with Gasteiger partial charge in [0.25, 0.3) is 0 Å². The third-order valence-corrected chi connectivity index (χ3v) is 4.17. The fraction of sp³-hybridized carbons (Fsp3) is 0.176. The van der Waals surface area contributed by atoms with Crippen molar-refractivity contribution >= 4 is 23.5 Å². The third-order valence-electron chi connectivity index (χ3n) is 3.18. The Morgan fingerprint density at radius 2 is 1.57 bits per heavy atom. The summed E-state index contributed by atoms with van der Waals surface area (Å²) in [5.41, 5.74) is 0.650. The molecular weight excluding hydrogens is 316 g/mol. The van der Waals surface area contributed by atoms with Crippen LogP contribution in [0.2, 0.25) is 0 Å². The number of hydrogen-bond donors (Lipinski definition) is 1. The Morgan fingerprint density at radius 1 is 0.957 bits per heavy atom. The molecule has 0 saturated heterocycles. The Labute approximate surface area is 138 Å². The second kappa shape index (κ2) is 7.69. The number of ketones is 1. The van der Waals surface area contributed by atoms with Crippen molar-refractivity contribution in [3.63, 3.8) is 0 Å². The number of benzene rings is 2. The van der Waals surface area contributed by atoms with Gasteiger partial charge in [0.05, 0.1) is 25.5 Å². The molecule has 120 valence electrons. The predicted octanol–water partition coefficient (Wildman–Crippen LogP) is 3.38. The van der Waals surface area contributed by atoms with Crippen molar-refractivity contribution in [1.82, 2.24) is 0 Å². The highest BCUT2D eigenvalue weighted by atomic mass is 32.2. The first kappa shape index (κ1) is 16.9. The van der Waals surface area contributed by atoms with E-state index in [9.17, 15) is 9.59 Å². The molecule has 5 nitrogen and oxygen atoms in total. The highest BCUT2D eigenvalue weighted by Gasteiger charge is 2.10. The van der Waals surface area contributed by atoms with Crippen LogP contribution in [0.4, 0.5) is 0 Å². The van der Waals surface area contributed by atoms with Gasteiger partial charge in [0, 0.05) is 10.5 Å². The van der Waals surface area contributed by atoms with Gasteiger partial charge in [0.2, 0.25) is 0 Å². The van der Waals surface area contributed by atoms with E-state index >= 15 is 0 Å². The van der Waals surface area contributed by atoms with E-state index in [2.05, 4.69) is 0 Å². The minimum Gasteiger partial charge on any atom is -0.493 e. The molecule has 0 spiro atoms. The van der Waals surface area contributed by atoms with E-state index in [4.69, 9.17) is 14.6 Å². The van der Waals surface area contributed by atoms with Gasteiger partial charge in [0.1, 0.15) is 0 Å². The number of carboxylic acid groups (broad SMARTS) is 1. The Hall–Kier alpha value is -2.47. The highest BCUT2D eigenvalue weighted by molar-refractivity contribution is 8.00. The van der Waals surface area contributed by atoms with Crippen LogP contribution in [-0.2, 0) is 0 Å². The summed E-state index contributed by atoms with van der Waals surface area (Å²) in [4.78, 5) is 23.8. The van der Waals surface area contributed by atoms with E-state index in [1.165, 1.54) is 36.0 Å². The Bertz CT molecular complexity index is 709. The summed E-state index contributed by atoms with van der Waals surface area (Å²) in [6.45, 7) is 0. The van der Waals surface area contributed by atoms with Gasteiger partial charge in [-0.05, 0) is 30.3 Å². The molecule has 0 bridgehead atoms. The molecule has 2 aromatic carbocycles. The maximum absolute atomic E-state index is 12.2. The second-order valence-electron chi connectivity index (χ2n) is 4.61.